The number of hydrogen-bond donors (Lipinski definition) is 2. The third-order valence-corrected chi connectivity index (χ3v) is 5.87. The van der Waals surface area contributed by atoms with Gasteiger partial charge < -0.3 is 10.4 Å². The van der Waals surface area contributed by atoms with Crippen molar-refractivity contribution in [2.75, 3.05) is 24.6 Å². The number of carbonyl (C=O) groups is 2. The number of alkyl halides is 2. The lowest BCUT2D eigenvalue weighted by Gasteiger charge is -2.37. The fraction of sp³-hybridized carbons (Fsp3) is 0.292. The molecule has 0 aromatic heterocycles. The summed E-state index contributed by atoms with van der Waals surface area (Å²) in [5.41, 5.74) is 1.08. The summed E-state index contributed by atoms with van der Waals surface area (Å²) in [6.45, 7) is -0.0771. The fourth-order valence-electron chi connectivity index (χ4n) is 4.25. The van der Waals surface area contributed by atoms with E-state index in [-0.39, 0.29) is 49.5 Å². The van der Waals surface area contributed by atoms with Crippen LogP contribution in [0, 0.1) is 16.2 Å². The molecule has 0 bridgehead atoms. The van der Waals surface area contributed by atoms with Gasteiger partial charge in [0.25, 0.3) is 12.1 Å². The molecule has 35 heavy (non-hydrogen) atoms. The van der Waals surface area contributed by atoms with Crippen LogP contribution < -0.4 is 10.2 Å². The number of imide groups is 1. The Morgan fingerprint density at radius 1 is 1.26 bits per heavy atom. The molecule has 0 saturated carbocycles. The zero-order valence-electron chi connectivity index (χ0n) is 18.5. The summed E-state index contributed by atoms with van der Waals surface area (Å²) in [5, 5.41) is 20.8. The first-order valence-electron chi connectivity index (χ1n) is 10.9. The van der Waals surface area contributed by atoms with Crippen molar-refractivity contribution in [2.24, 2.45) is 0 Å². The van der Waals surface area contributed by atoms with Gasteiger partial charge in [0, 0.05) is 28.4 Å². The molecule has 180 valence electrons. The lowest BCUT2D eigenvalue weighted by atomic mass is 9.97. The van der Waals surface area contributed by atoms with Gasteiger partial charge in [-0.05, 0) is 36.2 Å². The van der Waals surface area contributed by atoms with Crippen LogP contribution in [0.15, 0.2) is 59.9 Å². The van der Waals surface area contributed by atoms with Crippen molar-refractivity contribution in [3.63, 3.8) is 0 Å². The molecule has 9 nitrogen and oxygen atoms in total. The van der Waals surface area contributed by atoms with Gasteiger partial charge in [0.05, 0.1) is 23.7 Å². The predicted octanol–water partition coefficient (Wildman–Crippen LogP) is 3.97. The largest absolute Gasteiger partial charge is 0.396 e. The van der Waals surface area contributed by atoms with E-state index in [9.17, 15) is 23.3 Å². The minimum absolute atomic E-state index is 0.0235. The zero-order valence-corrected chi connectivity index (χ0v) is 18.5. The number of carbonyl (C=O) groups excluding carboxylic acids is 2. The fourth-order valence-corrected chi connectivity index (χ4v) is 4.25. The van der Waals surface area contributed by atoms with Gasteiger partial charge in [-0.2, -0.15) is 5.26 Å². The highest BCUT2D eigenvalue weighted by molar-refractivity contribution is 6.06. The van der Waals surface area contributed by atoms with E-state index in [0.29, 0.717) is 21.6 Å². The summed E-state index contributed by atoms with van der Waals surface area (Å²) >= 11 is 0. The van der Waals surface area contributed by atoms with Crippen LogP contribution in [0.2, 0.25) is 0 Å². The van der Waals surface area contributed by atoms with Crippen LogP contribution in [0.1, 0.15) is 42.0 Å². The van der Waals surface area contributed by atoms with E-state index >= 15 is 0 Å². The number of nitrogens with one attached hydrogen (secondary N) is 1. The quantitative estimate of drug-likeness (QED) is 0.477. The summed E-state index contributed by atoms with van der Waals surface area (Å²) in [4.78, 5) is 42.0. The molecule has 2 aromatic rings. The minimum Gasteiger partial charge on any atom is -0.396 e. The number of halogens is 2. The topological polar surface area (TPSA) is 117 Å². The molecule has 1 unspecified atom stereocenters. The molecule has 2 N–H and O–H groups in total. The predicted molar refractivity (Wildman–Crippen MR) is 120 cm³/mol. The summed E-state index contributed by atoms with van der Waals surface area (Å²) in [6, 6.07) is 10.7. The first-order valence-corrected chi connectivity index (χ1v) is 10.9. The summed E-state index contributed by atoms with van der Waals surface area (Å²) in [6.07, 6.45) is -2.35. The number of nitriles is 1. The molecule has 4 amide bonds. The number of aliphatic hydroxyl groups is 1. The first kappa shape index (κ1) is 24.0. The van der Waals surface area contributed by atoms with E-state index in [1.165, 1.54) is 30.3 Å². The third-order valence-electron chi connectivity index (χ3n) is 5.87. The Morgan fingerprint density at radius 2 is 2.00 bits per heavy atom. The van der Waals surface area contributed by atoms with Gasteiger partial charge in [-0.3, -0.25) is 4.90 Å². The highest BCUT2D eigenvalue weighted by Crippen LogP contribution is 2.43. The van der Waals surface area contributed by atoms with Crippen molar-refractivity contribution in [1.82, 2.24) is 10.2 Å². The third kappa shape index (κ3) is 4.48. The van der Waals surface area contributed by atoms with Crippen LogP contribution in [-0.2, 0) is 0 Å². The Bertz CT molecular complexity index is 1240. The number of nitroso groups, excluding NO2 is 1. The Kier molecular flexibility index (Phi) is 6.84. The molecular formula is C24H22F2N5O4+. The van der Waals surface area contributed by atoms with Crippen LogP contribution in [0.5, 0.6) is 0 Å². The van der Waals surface area contributed by atoms with E-state index in [1.807, 2.05) is 6.07 Å². The average molecular weight is 482 g/mol. The van der Waals surface area contributed by atoms with Crippen molar-refractivity contribution >= 4 is 17.7 Å². The summed E-state index contributed by atoms with van der Waals surface area (Å²) in [7, 11) is 0. The molecule has 0 spiro atoms. The van der Waals surface area contributed by atoms with Crippen molar-refractivity contribution < 1.29 is 28.2 Å². The molecule has 2 aliphatic rings. The molecule has 11 heteroatoms. The molecular weight excluding hydrogens is 460 g/mol. The van der Waals surface area contributed by atoms with E-state index in [0.717, 1.165) is 15.9 Å². The van der Waals surface area contributed by atoms with Crippen LogP contribution in [-0.4, -0.2) is 46.5 Å². The number of anilines is 1. The zero-order chi connectivity index (χ0) is 25.1. The molecule has 2 aromatic carbocycles. The number of amides is 4. The number of urea groups is 2. The Morgan fingerprint density at radius 3 is 2.66 bits per heavy atom. The maximum Gasteiger partial charge on any atom is 0.338 e. The van der Waals surface area contributed by atoms with Crippen molar-refractivity contribution in [3.8, 4) is 6.07 Å². The second-order valence-corrected chi connectivity index (χ2v) is 8.01. The van der Waals surface area contributed by atoms with Crippen LogP contribution in [0.25, 0.3) is 0 Å². The van der Waals surface area contributed by atoms with Gasteiger partial charge in [0.1, 0.15) is 5.70 Å². The Balaban J connectivity index is 1.87. The van der Waals surface area contributed by atoms with Gasteiger partial charge in [0.15, 0.2) is 6.04 Å². The van der Waals surface area contributed by atoms with E-state index in [4.69, 9.17) is 10.4 Å². The number of benzene rings is 2. The van der Waals surface area contributed by atoms with E-state index in [2.05, 4.69) is 5.32 Å². The minimum atomic E-state index is -2.77. The second kappa shape index (κ2) is 9.99. The smallest absolute Gasteiger partial charge is 0.338 e. The van der Waals surface area contributed by atoms with Crippen molar-refractivity contribution in [3.05, 3.63) is 81.5 Å². The van der Waals surface area contributed by atoms with Crippen molar-refractivity contribution in [2.45, 2.75) is 25.3 Å². The van der Waals surface area contributed by atoms with Gasteiger partial charge in [-0.1, -0.05) is 24.3 Å². The number of rotatable bonds is 6. The van der Waals surface area contributed by atoms with Crippen LogP contribution in [0.4, 0.5) is 24.1 Å². The molecule has 1 atom stereocenters. The highest BCUT2D eigenvalue weighted by atomic mass is 19.3. The van der Waals surface area contributed by atoms with Gasteiger partial charge in [-0.25, -0.2) is 23.3 Å². The molecule has 0 radical (unpaired) electrons. The summed E-state index contributed by atoms with van der Waals surface area (Å²) < 4.78 is 27.4. The highest BCUT2D eigenvalue weighted by Gasteiger charge is 2.53. The Hall–Kier alpha value is -4.17. The summed E-state index contributed by atoms with van der Waals surface area (Å²) in [5.74, 6) is 0. The second-order valence-electron chi connectivity index (χ2n) is 8.01. The van der Waals surface area contributed by atoms with Gasteiger partial charge in [-0.15, -0.1) is 0 Å². The molecule has 2 aliphatic heterocycles. The van der Waals surface area contributed by atoms with E-state index < -0.39 is 24.5 Å². The SMILES string of the molecule is N#Cc1ccc(C2C3=C(CC[N+]3=O)N(c3cccc(C(F)F)c3)C(=O)N2C(=O)NCCCO)cc1. The molecule has 4 rings (SSSR count). The number of aliphatic hydroxyl groups excluding tert-OH is 1. The average Bonchev–Trinajstić information content (AvgIpc) is 3.24. The van der Waals surface area contributed by atoms with Crippen LogP contribution >= 0.6 is 0 Å². The van der Waals surface area contributed by atoms with Gasteiger partial charge >= 0.3 is 12.1 Å². The Labute approximate surface area is 199 Å². The molecule has 2 heterocycles. The van der Waals surface area contributed by atoms with E-state index in [1.54, 1.807) is 12.1 Å². The molecule has 0 aliphatic carbocycles. The maximum absolute atomic E-state index is 13.8. The monoisotopic (exact) mass is 482 g/mol. The first-order chi connectivity index (χ1) is 16.9. The lowest BCUT2D eigenvalue weighted by molar-refractivity contribution is -0.494. The lowest BCUT2D eigenvalue weighted by Crippen LogP contribution is -2.55. The maximum atomic E-state index is 13.8. The molecule has 0 fully saturated rings. The number of hydrogen-bond acceptors (Lipinski definition) is 5. The van der Waals surface area contributed by atoms with Crippen LogP contribution in [0.3, 0.4) is 0 Å². The normalized spacial score (nSPS) is 17.6. The van der Waals surface area contributed by atoms with Gasteiger partial charge in [0.2, 0.25) is 6.54 Å². The molecule has 0 saturated heterocycles. The number of nitrogens with zero attached hydrogens (tertiary/aromatic N) is 4. The van der Waals surface area contributed by atoms with Crippen molar-refractivity contribution in [1.29, 1.82) is 5.26 Å². The standard InChI is InChI=1S/C24H21F2N5O4/c25-22(26)17-3-1-4-18(13-17)30-19-9-11-29(35)21(19)20(16-7-5-15(14-27)6-8-16)31(24(30)34)23(33)28-10-2-12-32/h1,3-8,13,20,22,32H,2,9-12H2/p+1.